The summed E-state index contributed by atoms with van der Waals surface area (Å²) >= 11 is 0. The van der Waals surface area contributed by atoms with Gasteiger partial charge in [-0.3, -0.25) is 14.3 Å². The van der Waals surface area contributed by atoms with E-state index in [4.69, 9.17) is 0 Å². The van der Waals surface area contributed by atoms with Crippen LogP contribution in [-0.2, 0) is 0 Å². The van der Waals surface area contributed by atoms with Gasteiger partial charge < -0.3 is 10.3 Å². The Hall–Kier alpha value is -1.99. The zero-order chi connectivity index (χ0) is 13.5. The topological polar surface area (TPSA) is 54.3 Å². The van der Waals surface area contributed by atoms with E-state index < -0.39 is 18.6 Å². The van der Waals surface area contributed by atoms with E-state index >= 15 is 0 Å². The molecule has 1 amide bonds. The predicted molar refractivity (Wildman–Crippen MR) is 56.8 cm³/mol. The summed E-state index contributed by atoms with van der Waals surface area (Å²) in [4.78, 5) is 23.9. The Morgan fingerprint density at radius 2 is 2.06 bits per heavy atom. The highest BCUT2D eigenvalue weighted by Gasteiger charge is 2.36. The Balaban J connectivity index is 2.39. The van der Waals surface area contributed by atoms with Crippen molar-refractivity contribution in [3.8, 4) is 0 Å². The first-order valence-corrected chi connectivity index (χ1v) is 5.12. The summed E-state index contributed by atoms with van der Waals surface area (Å²) in [6.45, 7) is -0.195. The number of nitrogens with zero attached hydrogens (tertiary/aromatic N) is 2. The number of hydrogen-bond donors (Lipinski definition) is 1. The van der Waals surface area contributed by atoms with Crippen molar-refractivity contribution in [1.29, 1.82) is 0 Å². The second-order valence-electron chi connectivity index (χ2n) is 3.96. The van der Waals surface area contributed by atoms with Crippen molar-refractivity contribution in [3.05, 3.63) is 33.7 Å². The molecule has 0 unspecified atom stereocenters. The zero-order valence-corrected chi connectivity index (χ0v) is 9.41. The van der Waals surface area contributed by atoms with Gasteiger partial charge in [0.15, 0.2) is 5.43 Å². The van der Waals surface area contributed by atoms with Crippen LogP contribution < -0.4 is 10.9 Å². The number of rotatable bonds is 1. The Kier molecular flexibility index (Phi) is 2.80. The molecule has 2 heterocycles. The molecular weight excluding hydrogens is 251 g/mol. The molecule has 1 aliphatic heterocycles. The van der Waals surface area contributed by atoms with E-state index in [1.807, 2.05) is 0 Å². The molecule has 8 heteroatoms. The third-order valence-electron chi connectivity index (χ3n) is 2.63. The Bertz CT molecular complexity index is 550. The maximum Gasteiger partial charge on any atom is 0.406 e. The van der Waals surface area contributed by atoms with Gasteiger partial charge in [-0.05, 0) is 6.92 Å². The lowest BCUT2D eigenvalue weighted by atomic mass is 10.2. The number of nitrogens with one attached hydrogen (secondary N) is 1. The zero-order valence-electron chi connectivity index (χ0n) is 9.41. The van der Waals surface area contributed by atoms with Crippen molar-refractivity contribution in [1.82, 2.24) is 9.58 Å². The molecule has 0 aliphatic carbocycles. The number of aromatic nitrogens is 1. The SMILES string of the molecule is Cc1c2n(ccc1=O)NCN(CC(F)(F)F)C2=O. The molecule has 18 heavy (non-hydrogen) atoms. The van der Waals surface area contributed by atoms with Gasteiger partial charge in [-0.15, -0.1) is 0 Å². The van der Waals surface area contributed by atoms with Crippen molar-refractivity contribution in [2.45, 2.75) is 13.1 Å². The molecule has 5 nitrogen and oxygen atoms in total. The normalized spacial score (nSPS) is 15.3. The Morgan fingerprint density at radius 3 is 2.67 bits per heavy atom. The standard InChI is InChI=1S/C10H10F3N3O2/c1-6-7(17)2-3-16-8(6)9(18)15(5-14-16)4-10(11,12)13/h2-3,14H,4-5H2,1H3. The van der Waals surface area contributed by atoms with Crippen LogP contribution in [0, 0.1) is 6.92 Å². The van der Waals surface area contributed by atoms with Gasteiger partial charge in [0.2, 0.25) is 0 Å². The van der Waals surface area contributed by atoms with Crippen LogP contribution in [0.15, 0.2) is 17.1 Å². The minimum Gasteiger partial charge on any atom is -0.309 e. The number of pyridine rings is 1. The van der Waals surface area contributed by atoms with E-state index in [2.05, 4.69) is 5.43 Å². The minimum atomic E-state index is -4.47. The Morgan fingerprint density at radius 1 is 1.39 bits per heavy atom. The molecular formula is C10H10F3N3O2. The molecule has 1 aromatic rings. The van der Waals surface area contributed by atoms with Crippen LogP contribution in [0.2, 0.25) is 0 Å². The molecule has 0 fully saturated rings. The Labute approximate surface area is 99.8 Å². The molecule has 0 spiro atoms. The lowest BCUT2D eigenvalue weighted by Gasteiger charge is -2.32. The lowest BCUT2D eigenvalue weighted by Crippen LogP contribution is -2.50. The fourth-order valence-corrected chi connectivity index (χ4v) is 1.76. The predicted octanol–water partition coefficient (Wildman–Crippen LogP) is 0.676. The van der Waals surface area contributed by atoms with Gasteiger partial charge in [0.1, 0.15) is 18.9 Å². The number of fused-ring (bicyclic) bond motifs is 1. The van der Waals surface area contributed by atoms with Gasteiger partial charge in [-0.25, -0.2) is 0 Å². The highest BCUT2D eigenvalue weighted by molar-refractivity contribution is 5.94. The van der Waals surface area contributed by atoms with E-state index in [0.29, 0.717) is 4.90 Å². The second kappa shape index (κ2) is 4.04. The molecule has 98 valence electrons. The van der Waals surface area contributed by atoms with E-state index in [1.54, 1.807) is 0 Å². The van der Waals surface area contributed by atoms with Crippen molar-refractivity contribution < 1.29 is 18.0 Å². The third kappa shape index (κ3) is 2.18. The van der Waals surface area contributed by atoms with Crippen LogP contribution in [0.5, 0.6) is 0 Å². The summed E-state index contributed by atoms with van der Waals surface area (Å²) < 4.78 is 38.1. The third-order valence-corrected chi connectivity index (χ3v) is 2.63. The van der Waals surface area contributed by atoms with E-state index in [1.165, 1.54) is 23.9 Å². The maximum absolute atomic E-state index is 12.3. The van der Waals surface area contributed by atoms with Gasteiger partial charge in [0, 0.05) is 17.8 Å². The monoisotopic (exact) mass is 261 g/mol. The first kappa shape index (κ1) is 12.5. The number of carbonyl (C=O) groups is 1. The molecule has 1 aromatic heterocycles. The van der Waals surface area contributed by atoms with Crippen LogP contribution >= 0.6 is 0 Å². The maximum atomic E-state index is 12.3. The first-order valence-electron chi connectivity index (χ1n) is 5.12. The van der Waals surface area contributed by atoms with Crippen LogP contribution in [0.25, 0.3) is 0 Å². The highest BCUT2D eigenvalue weighted by atomic mass is 19.4. The summed E-state index contributed by atoms with van der Waals surface area (Å²) in [5, 5.41) is 0. The summed E-state index contributed by atoms with van der Waals surface area (Å²) in [7, 11) is 0. The van der Waals surface area contributed by atoms with Crippen LogP contribution in [0.3, 0.4) is 0 Å². The van der Waals surface area contributed by atoms with Crippen LogP contribution in [-0.4, -0.2) is 34.9 Å². The van der Waals surface area contributed by atoms with E-state index in [-0.39, 0.29) is 23.4 Å². The number of hydrogen-bond acceptors (Lipinski definition) is 3. The number of carbonyl (C=O) groups excluding carboxylic acids is 1. The van der Waals surface area contributed by atoms with Crippen molar-refractivity contribution in [2.75, 3.05) is 18.6 Å². The van der Waals surface area contributed by atoms with E-state index in [9.17, 15) is 22.8 Å². The number of halogens is 3. The number of alkyl halides is 3. The van der Waals surface area contributed by atoms with Gasteiger partial charge in [0.25, 0.3) is 5.91 Å². The summed E-state index contributed by atoms with van der Waals surface area (Å²) in [5.41, 5.74) is 2.30. The number of amides is 1. The van der Waals surface area contributed by atoms with Crippen LogP contribution in [0.4, 0.5) is 13.2 Å². The van der Waals surface area contributed by atoms with Crippen molar-refractivity contribution >= 4 is 5.91 Å². The highest BCUT2D eigenvalue weighted by Crippen LogP contribution is 2.19. The molecule has 2 rings (SSSR count). The van der Waals surface area contributed by atoms with Crippen molar-refractivity contribution in [2.24, 2.45) is 0 Å². The summed E-state index contributed by atoms with van der Waals surface area (Å²) in [6.07, 6.45) is -3.14. The summed E-state index contributed by atoms with van der Waals surface area (Å²) in [5.74, 6) is -0.804. The largest absolute Gasteiger partial charge is 0.406 e. The van der Waals surface area contributed by atoms with Gasteiger partial charge in [-0.2, -0.15) is 13.2 Å². The van der Waals surface area contributed by atoms with Gasteiger partial charge in [-0.1, -0.05) is 0 Å². The lowest BCUT2D eigenvalue weighted by molar-refractivity contribution is -0.140. The molecule has 0 bridgehead atoms. The average Bonchev–Trinajstić information content (AvgIpc) is 2.25. The molecule has 1 aliphatic rings. The average molecular weight is 261 g/mol. The second-order valence-corrected chi connectivity index (χ2v) is 3.96. The molecule has 0 aromatic carbocycles. The molecule has 0 saturated heterocycles. The fourth-order valence-electron chi connectivity index (χ4n) is 1.76. The summed E-state index contributed by atoms with van der Waals surface area (Å²) in [6, 6.07) is 1.25. The molecule has 1 N–H and O–H groups in total. The van der Waals surface area contributed by atoms with Gasteiger partial charge >= 0.3 is 6.18 Å². The molecule has 0 saturated carbocycles. The smallest absolute Gasteiger partial charge is 0.309 e. The van der Waals surface area contributed by atoms with E-state index in [0.717, 1.165) is 0 Å². The molecule has 0 atom stereocenters. The molecule has 0 radical (unpaired) electrons. The first-order chi connectivity index (χ1) is 8.29. The van der Waals surface area contributed by atoms with Gasteiger partial charge in [0.05, 0.1) is 0 Å². The van der Waals surface area contributed by atoms with Crippen LogP contribution in [0.1, 0.15) is 16.1 Å². The minimum absolute atomic E-state index is 0.0574. The quantitative estimate of drug-likeness (QED) is 0.808. The van der Waals surface area contributed by atoms with Crippen molar-refractivity contribution in [3.63, 3.8) is 0 Å². The fraction of sp³-hybridized carbons (Fsp3) is 0.400.